The predicted octanol–water partition coefficient (Wildman–Crippen LogP) is 2.50. The molecule has 0 radical (unpaired) electrons. The van der Waals surface area contributed by atoms with E-state index < -0.39 is 11.9 Å². The van der Waals surface area contributed by atoms with Gasteiger partial charge < -0.3 is 10.8 Å². The summed E-state index contributed by atoms with van der Waals surface area (Å²) in [5, 5.41) is 9.22. The van der Waals surface area contributed by atoms with Crippen molar-refractivity contribution in [2.75, 3.05) is 6.54 Å². The van der Waals surface area contributed by atoms with Crippen LogP contribution in [0.1, 0.15) is 49.3 Å². The summed E-state index contributed by atoms with van der Waals surface area (Å²) in [5.74, 6) is -1.13. The summed E-state index contributed by atoms with van der Waals surface area (Å²) in [4.78, 5) is 11.2. The first-order valence-corrected chi connectivity index (χ1v) is 6.06. The van der Waals surface area contributed by atoms with Crippen molar-refractivity contribution in [2.24, 2.45) is 5.73 Å². The molecule has 1 rings (SSSR count). The lowest BCUT2D eigenvalue weighted by molar-refractivity contribution is -0.138. The molecule has 1 unspecified atom stereocenters. The molecule has 0 fully saturated rings. The second-order valence-corrected chi connectivity index (χ2v) is 4.60. The van der Waals surface area contributed by atoms with Gasteiger partial charge in [0.1, 0.15) is 0 Å². The Morgan fingerprint density at radius 3 is 2.41 bits per heavy atom. The fourth-order valence-electron chi connectivity index (χ4n) is 2.03. The van der Waals surface area contributed by atoms with E-state index in [1.807, 2.05) is 12.1 Å². The van der Waals surface area contributed by atoms with E-state index in [1.54, 1.807) is 0 Å². The van der Waals surface area contributed by atoms with Crippen molar-refractivity contribution in [3.05, 3.63) is 34.9 Å². The molecule has 1 atom stereocenters. The largest absolute Gasteiger partial charge is 0.481 e. The van der Waals surface area contributed by atoms with Crippen LogP contribution in [-0.2, 0) is 11.2 Å². The van der Waals surface area contributed by atoms with E-state index in [-0.39, 0.29) is 6.54 Å². The summed E-state index contributed by atoms with van der Waals surface area (Å²) < 4.78 is 0. The van der Waals surface area contributed by atoms with Crippen LogP contribution in [0.25, 0.3) is 0 Å². The minimum atomic E-state index is -0.845. The Kier molecular flexibility index (Phi) is 4.70. The van der Waals surface area contributed by atoms with E-state index in [4.69, 9.17) is 5.73 Å². The summed E-state index contributed by atoms with van der Waals surface area (Å²) in [6, 6.07) is 6.08. The van der Waals surface area contributed by atoms with Gasteiger partial charge in [0.2, 0.25) is 0 Å². The normalized spacial score (nSPS) is 12.8. The zero-order valence-corrected chi connectivity index (χ0v) is 10.7. The van der Waals surface area contributed by atoms with E-state index in [0.29, 0.717) is 5.92 Å². The van der Waals surface area contributed by atoms with Crippen LogP contribution >= 0.6 is 0 Å². The number of carboxylic acids is 1. The Hall–Kier alpha value is -1.35. The molecule has 3 heteroatoms. The number of aryl methyl sites for hydroxylation is 1. The van der Waals surface area contributed by atoms with Crippen molar-refractivity contribution in [1.82, 2.24) is 0 Å². The minimum absolute atomic E-state index is 0.141. The molecule has 94 valence electrons. The van der Waals surface area contributed by atoms with Crippen LogP contribution in [0.5, 0.6) is 0 Å². The van der Waals surface area contributed by atoms with Crippen molar-refractivity contribution in [1.29, 1.82) is 0 Å². The first-order chi connectivity index (χ1) is 8.01. The number of hydrogen-bond acceptors (Lipinski definition) is 2. The van der Waals surface area contributed by atoms with Crippen molar-refractivity contribution >= 4 is 5.97 Å². The highest BCUT2D eigenvalue weighted by molar-refractivity contribution is 5.77. The van der Waals surface area contributed by atoms with Gasteiger partial charge >= 0.3 is 5.97 Å². The van der Waals surface area contributed by atoms with Gasteiger partial charge in [-0.3, -0.25) is 4.79 Å². The quantitative estimate of drug-likeness (QED) is 0.824. The zero-order valence-electron chi connectivity index (χ0n) is 10.7. The van der Waals surface area contributed by atoms with E-state index >= 15 is 0 Å². The zero-order chi connectivity index (χ0) is 13.0. The van der Waals surface area contributed by atoms with Gasteiger partial charge in [0.15, 0.2) is 0 Å². The standard InChI is InChI=1S/C14H21NO2/c1-4-10-5-6-11(9(2)3)12(7-10)13(8-15)14(16)17/h5-7,9,13H,4,8,15H2,1-3H3,(H,16,17). The molecule has 0 saturated carbocycles. The molecule has 0 aliphatic heterocycles. The van der Waals surface area contributed by atoms with Crippen LogP contribution < -0.4 is 5.73 Å². The third-order valence-corrected chi connectivity index (χ3v) is 3.09. The number of rotatable bonds is 5. The van der Waals surface area contributed by atoms with Crippen molar-refractivity contribution in [3.63, 3.8) is 0 Å². The van der Waals surface area contributed by atoms with Crippen molar-refractivity contribution in [3.8, 4) is 0 Å². The molecule has 0 bridgehead atoms. The average Bonchev–Trinajstić information content (AvgIpc) is 2.29. The van der Waals surface area contributed by atoms with E-state index in [9.17, 15) is 9.90 Å². The highest BCUT2D eigenvalue weighted by atomic mass is 16.4. The summed E-state index contributed by atoms with van der Waals surface area (Å²) in [6.45, 7) is 6.34. The molecule has 3 N–H and O–H groups in total. The topological polar surface area (TPSA) is 63.3 Å². The Morgan fingerprint density at radius 2 is 2.00 bits per heavy atom. The number of nitrogens with two attached hydrogens (primary N) is 1. The number of benzene rings is 1. The number of carbonyl (C=O) groups is 1. The smallest absolute Gasteiger partial charge is 0.312 e. The molecule has 0 heterocycles. The summed E-state index contributed by atoms with van der Waals surface area (Å²) >= 11 is 0. The van der Waals surface area contributed by atoms with Gasteiger partial charge in [-0.25, -0.2) is 0 Å². The lowest BCUT2D eigenvalue weighted by atomic mass is 9.87. The van der Waals surface area contributed by atoms with Crippen molar-refractivity contribution in [2.45, 2.75) is 39.0 Å². The molecule has 0 aliphatic carbocycles. The summed E-state index contributed by atoms with van der Waals surface area (Å²) in [6.07, 6.45) is 0.905. The van der Waals surface area contributed by atoms with Gasteiger partial charge in [-0.2, -0.15) is 0 Å². The van der Waals surface area contributed by atoms with Gasteiger partial charge in [0.05, 0.1) is 5.92 Å². The highest BCUT2D eigenvalue weighted by Gasteiger charge is 2.22. The maximum Gasteiger partial charge on any atom is 0.312 e. The Balaban J connectivity index is 3.29. The molecule has 0 amide bonds. The molecule has 0 aromatic heterocycles. The fraction of sp³-hybridized carbons (Fsp3) is 0.500. The lowest BCUT2D eigenvalue weighted by Crippen LogP contribution is -2.22. The van der Waals surface area contributed by atoms with Gasteiger partial charge in [0, 0.05) is 6.54 Å². The molecule has 0 spiro atoms. The third-order valence-electron chi connectivity index (χ3n) is 3.09. The summed E-state index contributed by atoms with van der Waals surface area (Å²) in [5.41, 5.74) is 8.70. The minimum Gasteiger partial charge on any atom is -0.481 e. The average molecular weight is 235 g/mol. The van der Waals surface area contributed by atoms with Gasteiger partial charge in [-0.1, -0.05) is 39.0 Å². The van der Waals surface area contributed by atoms with Gasteiger partial charge in [-0.15, -0.1) is 0 Å². The monoisotopic (exact) mass is 235 g/mol. The Morgan fingerprint density at radius 1 is 1.35 bits per heavy atom. The van der Waals surface area contributed by atoms with Crippen LogP contribution in [0.15, 0.2) is 18.2 Å². The second kappa shape index (κ2) is 5.82. The molecule has 0 aliphatic rings. The SMILES string of the molecule is CCc1ccc(C(C)C)c(C(CN)C(=O)O)c1. The molecule has 1 aromatic carbocycles. The number of carboxylic acid groups (broad SMARTS) is 1. The fourth-order valence-corrected chi connectivity index (χ4v) is 2.03. The number of hydrogen-bond donors (Lipinski definition) is 2. The third kappa shape index (κ3) is 3.07. The molecular formula is C14H21NO2. The maximum atomic E-state index is 11.2. The van der Waals surface area contributed by atoms with Crippen LogP contribution in [0.2, 0.25) is 0 Å². The van der Waals surface area contributed by atoms with E-state index in [1.165, 1.54) is 0 Å². The molecule has 1 aromatic rings. The van der Waals surface area contributed by atoms with Gasteiger partial charge in [0.25, 0.3) is 0 Å². The Bertz CT molecular complexity index is 399. The second-order valence-electron chi connectivity index (χ2n) is 4.60. The first kappa shape index (κ1) is 13.7. The molecular weight excluding hydrogens is 214 g/mol. The first-order valence-electron chi connectivity index (χ1n) is 6.06. The predicted molar refractivity (Wildman–Crippen MR) is 69.3 cm³/mol. The lowest BCUT2D eigenvalue weighted by Gasteiger charge is -2.19. The van der Waals surface area contributed by atoms with E-state index in [2.05, 4.69) is 26.8 Å². The van der Waals surface area contributed by atoms with Crippen LogP contribution in [0.3, 0.4) is 0 Å². The van der Waals surface area contributed by atoms with Crippen LogP contribution in [-0.4, -0.2) is 17.6 Å². The van der Waals surface area contributed by atoms with Crippen LogP contribution in [0.4, 0.5) is 0 Å². The molecule has 3 nitrogen and oxygen atoms in total. The van der Waals surface area contributed by atoms with Gasteiger partial charge in [-0.05, 0) is 29.0 Å². The highest BCUT2D eigenvalue weighted by Crippen LogP contribution is 2.27. The maximum absolute atomic E-state index is 11.2. The van der Waals surface area contributed by atoms with Crippen LogP contribution in [0, 0.1) is 0 Å². The van der Waals surface area contributed by atoms with E-state index in [0.717, 1.165) is 23.1 Å². The molecule has 0 saturated heterocycles. The Labute approximate surface area is 103 Å². The summed E-state index contributed by atoms with van der Waals surface area (Å²) in [7, 11) is 0. The number of aliphatic carboxylic acids is 1. The van der Waals surface area contributed by atoms with Crippen molar-refractivity contribution < 1.29 is 9.90 Å². The molecule has 17 heavy (non-hydrogen) atoms.